The van der Waals surface area contributed by atoms with Crippen molar-refractivity contribution in [1.29, 1.82) is 0 Å². The Morgan fingerprint density at radius 3 is 2.48 bits per heavy atom. The molecule has 118 valence electrons. The Morgan fingerprint density at radius 2 is 1.87 bits per heavy atom. The Labute approximate surface area is 136 Å². The highest BCUT2D eigenvalue weighted by Gasteiger charge is 2.37. The zero-order valence-electron chi connectivity index (χ0n) is 12.6. The number of thiophene rings is 1. The summed E-state index contributed by atoms with van der Waals surface area (Å²) in [4.78, 5) is 23.8. The molecule has 2 heterocycles. The van der Waals surface area contributed by atoms with Gasteiger partial charge < -0.3 is 15.5 Å². The van der Waals surface area contributed by atoms with Crippen molar-refractivity contribution in [2.24, 2.45) is 0 Å². The van der Waals surface area contributed by atoms with Crippen LogP contribution in [0.3, 0.4) is 0 Å². The topological polar surface area (TPSA) is 86.6 Å². The number of dihydropyridines is 1. The van der Waals surface area contributed by atoms with Crippen molar-refractivity contribution in [2.75, 3.05) is 0 Å². The number of carbonyl (C=O) groups is 2. The SMILES string of the molecule is CC1=C(C(=O)O)NC(C(=O)O)=CC1(C)c1cc2ccccc2s1. The van der Waals surface area contributed by atoms with Crippen LogP contribution in [-0.4, -0.2) is 22.2 Å². The highest BCUT2D eigenvalue weighted by atomic mass is 32.1. The lowest BCUT2D eigenvalue weighted by atomic mass is 9.77. The smallest absolute Gasteiger partial charge is 0.352 e. The first-order valence-corrected chi connectivity index (χ1v) is 7.81. The number of carboxylic acid groups (broad SMARTS) is 2. The second-order valence-electron chi connectivity index (χ2n) is 5.64. The number of nitrogens with one attached hydrogen (secondary N) is 1. The van der Waals surface area contributed by atoms with Gasteiger partial charge in [-0.25, -0.2) is 9.59 Å². The molecule has 23 heavy (non-hydrogen) atoms. The van der Waals surface area contributed by atoms with Gasteiger partial charge in [-0.15, -0.1) is 11.3 Å². The Kier molecular flexibility index (Phi) is 3.49. The predicted molar refractivity (Wildman–Crippen MR) is 88.4 cm³/mol. The van der Waals surface area contributed by atoms with Crippen molar-refractivity contribution >= 4 is 33.4 Å². The van der Waals surface area contributed by atoms with E-state index in [9.17, 15) is 19.8 Å². The fourth-order valence-electron chi connectivity index (χ4n) is 2.74. The molecule has 1 unspecified atom stereocenters. The minimum Gasteiger partial charge on any atom is -0.477 e. The summed E-state index contributed by atoms with van der Waals surface area (Å²) in [6.07, 6.45) is 1.59. The van der Waals surface area contributed by atoms with E-state index < -0.39 is 17.4 Å². The van der Waals surface area contributed by atoms with Gasteiger partial charge in [0.2, 0.25) is 0 Å². The summed E-state index contributed by atoms with van der Waals surface area (Å²) >= 11 is 1.54. The van der Waals surface area contributed by atoms with E-state index in [0.717, 1.165) is 15.0 Å². The van der Waals surface area contributed by atoms with Crippen LogP contribution in [0.1, 0.15) is 18.7 Å². The summed E-state index contributed by atoms with van der Waals surface area (Å²) in [6, 6.07) is 9.85. The number of hydrogen-bond acceptors (Lipinski definition) is 4. The molecule has 0 bridgehead atoms. The number of allylic oxidation sites excluding steroid dienone is 2. The van der Waals surface area contributed by atoms with Crippen LogP contribution in [0.4, 0.5) is 0 Å². The molecule has 0 saturated carbocycles. The number of carboxylic acids is 2. The molecule has 3 N–H and O–H groups in total. The molecular weight excluding hydrogens is 314 g/mol. The lowest BCUT2D eigenvalue weighted by molar-refractivity contribution is -0.133. The third-order valence-corrected chi connectivity index (χ3v) is 5.58. The van der Waals surface area contributed by atoms with E-state index in [-0.39, 0.29) is 11.4 Å². The van der Waals surface area contributed by atoms with E-state index in [2.05, 4.69) is 5.32 Å². The maximum atomic E-state index is 11.5. The molecule has 5 nitrogen and oxygen atoms in total. The summed E-state index contributed by atoms with van der Waals surface area (Å²) in [5.41, 5.74) is -0.393. The van der Waals surface area contributed by atoms with E-state index >= 15 is 0 Å². The molecule has 3 rings (SSSR count). The number of fused-ring (bicyclic) bond motifs is 1. The molecule has 1 atom stereocenters. The Bertz CT molecular complexity index is 860. The minimum absolute atomic E-state index is 0.0788. The lowest BCUT2D eigenvalue weighted by Crippen LogP contribution is -2.37. The molecule has 0 saturated heterocycles. The summed E-state index contributed by atoms with van der Waals surface area (Å²) < 4.78 is 1.08. The number of aliphatic carboxylic acids is 2. The summed E-state index contributed by atoms with van der Waals surface area (Å²) in [7, 11) is 0. The van der Waals surface area contributed by atoms with Crippen LogP contribution in [0.5, 0.6) is 0 Å². The van der Waals surface area contributed by atoms with E-state index in [1.165, 1.54) is 0 Å². The van der Waals surface area contributed by atoms with Gasteiger partial charge in [0.1, 0.15) is 11.4 Å². The first kappa shape index (κ1) is 15.3. The molecule has 0 aliphatic carbocycles. The van der Waals surface area contributed by atoms with Crippen LogP contribution < -0.4 is 5.32 Å². The fraction of sp³-hybridized carbons (Fsp3) is 0.176. The zero-order valence-corrected chi connectivity index (χ0v) is 13.4. The molecule has 1 aromatic heterocycles. The predicted octanol–water partition coefficient (Wildman–Crippen LogP) is 3.09. The quantitative estimate of drug-likeness (QED) is 0.805. The second-order valence-corrected chi connectivity index (χ2v) is 6.73. The van der Waals surface area contributed by atoms with Crippen molar-refractivity contribution in [3.05, 3.63) is 58.3 Å². The first-order valence-electron chi connectivity index (χ1n) is 7.00. The van der Waals surface area contributed by atoms with Crippen LogP contribution in [0, 0.1) is 0 Å². The van der Waals surface area contributed by atoms with Gasteiger partial charge in [0, 0.05) is 15.0 Å². The van der Waals surface area contributed by atoms with Crippen LogP contribution in [-0.2, 0) is 15.0 Å². The van der Waals surface area contributed by atoms with E-state index in [0.29, 0.717) is 5.57 Å². The maximum absolute atomic E-state index is 11.5. The molecule has 6 heteroatoms. The molecule has 1 aliphatic rings. The lowest BCUT2D eigenvalue weighted by Gasteiger charge is -2.32. The highest BCUT2D eigenvalue weighted by Crippen LogP contribution is 2.43. The van der Waals surface area contributed by atoms with Crippen LogP contribution in [0.15, 0.2) is 53.4 Å². The Hall–Kier alpha value is -2.60. The van der Waals surface area contributed by atoms with Gasteiger partial charge in [0.25, 0.3) is 0 Å². The minimum atomic E-state index is -1.18. The standard InChI is InChI=1S/C17H15NO4S/c1-9-14(16(21)22)18-11(15(19)20)8-17(9,2)13-7-10-5-3-4-6-12(10)23-13/h3-8,18H,1-2H3,(H,19,20)(H,21,22). The third-order valence-electron chi connectivity index (χ3n) is 4.23. The van der Waals surface area contributed by atoms with Gasteiger partial charge in [-0.05, 0) is 43.0 Å². The van der Waals surface area contributed by atoms with Gasteiger partial charge >= 0.3 is 11.9 Å². The summed E-state index contributed by atoms with van der Waals surface area (Å²) in [5.74, 6) is -2.34. The van der Waals surface area contributed by atoms with Crippen LogP contribution in [0.2, 0.25) is 0 Å². The largest absolute Gasteiger partial charge is 0.477 e. The molecule has 0 fully saturated rings. The normalized spacial score (nSPS) is 21.0. The average molecular weight is 329 g/mol. The van der Waals surface area contributed by atoms with Gasteiger partial charge in [-0.1, -0.05) is 18.2 Å². The molecule has 0 spiro atoms. The molecule has 0 amide bonds. The molecule has 1 aliphatic heterocycles. The van der Waals surface area contributed by atoms with Crippen molar-refractivity contribution in [3.63, 3.8) is 0 Å². The number of rotatable bonds is 3. The van der Waals surface area contributed by atoms with Gasteiger partial charge in [0.15, 0.2) is 0 Å². The van der Waals surface area contributed by atoms with E-state index in [4.69, 9.17) is 0 Å². The van der Waals surface area contributed by atoms with Crippen molar-refractivity contribution in [3.8, 4) is 0 Å². The van der Waals surface area contributed by atoms with Gasteiger partial charge in [-0.3, -0.25) is 0 Å². The van der Waals surface area contributed by atoms with E-state index in [1.54, 1.807) is 24.3 Å². The average Bonchev–Trinajstić information content (AvgIpc) is 2.94. The maximum Gasteiger partial charge on any atom is 0.352 e. The Balaban J connectivity index is 2.24. The van der Waals surface area contributed by atoms with Gasteiger partial charge in [0.05, 0.1) is 0 Å². The van der Waals surface area contributed by atoms with Gasteiger partial charge in [-0.2, -0.15) is 0 Å². The molecule has 2 aromatic rings. The zero-order chi connectivity index (χ0) is 16.8. The van der Waals surface area contributed by atoms with Crippen LogP contribution in [0.25, 0.3) is 10.1 Å². The molecular formula is C17H15NO4S. The van der Waals surface area contributed by atoms with Crippen molar-refractivity contribution in [1.82, 2.24) is 5.32 Å². The van der Waals surface area contributed by atoms with Crippen LogP contribution >= 0.6 is 11.3 Å². The highest BCUT2D eigenvalue weighted by molar-refractivity contribution is 7.19. The fourth-order valence-corrected chi connectivity index (χ4v) is 3.98. The van der Waals surface area contributed by atoms with E-state index in [1.807, 2.05) is 37.3 Å². The van der Waals surface area contributed by atoms with Crippen molar-refractivity contribution < 1.29 is 19.8 Å². The number of benzene rings is 1. The molecule has 1 aromatic carbocycles. The molecule has 0 radical (unpaired) electrons. The first-order chi connectivity index (χ1) is 10.8. The number of hydrogen-bond donors (Lipinski definition) is 3. The summed E-state index contributed by atoms with van der Waals surface area (Å²) in [6.45, 7) is 3.57. The second kappa shape index (κ2) is 5.24. The summed E-state index contributed by atoms with van der Waals surface area (Å²) in [5, 5.41) is 22.3. The third kappa shape index (κ3) is 2.41. The monoisotopic (exact) mass is 329 g/mol. The Morgan fingerprint density at radius 1 is 1.17 bits per heavy atom. The van der Waals surface area contributed by atoms with Crippen molar-refractivity contribution in [2.45, 2.75) is 19.3 Å².